The van der Waals surface area contributed by atoms with E-state index in [9.17, 15) is 9.59 Å². The van der Waals surface area contributed by atoms with Crippen LogP contribution in [0, 0.1) is 0 Å². The van der Waals surface area contributed by atoms with Gasteiger partial charge in [0, 0.05) is 5.56 Å². The van der Waals surface area contributed by atoms with E-state index in [1.54, 1.807) is 24.3 Å². The zero-order valence-electron chi connectivity index (χ0n) is 14.1. The van der Waals surface area contributed by atoms with Gasteiger partial charge in [-0.1, -0.05) is 37.3 Å². The summed E-state index contributed by atoms with van der Waals surface area (Å²) in [6.07, 6.45) is 2.46. The molecule has 6 heteroatoms. The molecule has 2 aromatic carbocycles. The monoisotopic (exact) mass is 339 g/mol. The quantitative estimate of drug-likeness (QED) is 0.572. The van der Waals surface area contributed by atoms with Gasteiger partial charge < -0.3 is 10.1 Å². The van der Waals surface area contributed by atoms with Crippen molar-refractivity contribution in [2.75, 3.05) is 13.2 Å². The van der Waals surface area contributed by atoms with Crippen molar-refractivity contribution in [3.63, 3.8) is 0 Å². The van der Waals surface area contributed by atoms with Crippen molar-refractivity contribution in [2.24, 2.45) is 5.10 Å². The molecular formula is C19H21N3O3. The summed E-state index contributed by atoms with van der Waals surface area (Å²) >= 11 is 0. The Labute approximate surface area is 146 Å². The molecule has 0 atom stereocenters. The lowest BCUT2D eigenvalue weighted by molar-refractivity contribution is -0.120. The Balaban J connectivity index is 1.75. The smallest absolute Gasteiger partial charge is 0.259 e. The third kappa shape index (κ3) is 6.47. The summed E-state index contributed by atoms with van der Waals surface area (Å²) in [4.78, 5) is 23.7. The van der Waals surface area contributed by atoms with Crippen LogP contribution in [0.4, 0.5) is 0 Å². The van der Waals surface area contributed by atoms with Gasteiger partial charge in [-0.15, -0.1) is 0 Å². The largest absolute Gasteiger partial charge is 0.494 e. The molecule has 0 aromatic heterocycles. The average Bonchev–Trinajstić information content (AvgIpc) is 2.65. The van der Waals surface area contributed by atoms with Crippen LogP contribution in [0.5, 0.6) is 5.75 Å². The van der Waals surface area contributed by atoms with Gasteiger partial charge in [0.2, 0.25) is 0 Å². The fourth-order valence-corrected chi connectivity index (χ4v) is 1.94. The van der Waals surface area contributed by atoms with Crippen LogP contribution in [-0.4, -0.2) is 31.2 Å². The van der Waals surface area contributed by atoms with Crippen LogP contribution in [0.3, 0.4) is 0 Å². The summed E-state index contributed by atoms with van der Waals surface area (Å²) in [6.45, 7) is 2.50. The maximum absolute atomic E-state index is 12.0. The minimum absolute atomic E-state index is 0.154. The van der Waals surface area contributed by atoms with Gasteiger partial charge >= 0.3 is 0 Å². The lowest BCUT2D eigenvalue weighted by Crippen LogP contribution is -2.34. The maximum Gasteiger partial charge on any atom is 0.259 e. The van der Waals surface area contributed by atoms with E-state index in [-0.39, 0.29) is 12.5 Å². The van der Waals surface area contributed by atoms with Crippen LogP contribution >= 0.6 is 0 Å². The summed E-state index contributed by atoms with van der Waals surface area (Å²) in [5.74, 6) is -0.0148. The van der Waals surface area contributed by atoms with E-state index in [0.29, 0.717) is 17.9 Å². The average molecular weight is 339 g/mol. The Morgan fingerprint density at radius 3 is 2.48 bits per heavy atom. The Hall–Kier alpha value is -3.15. The van der Waals surface area contributed by atoms with Crippen LogP contribution in [0.2, 0.25) is 0 Å². The summed E-state index contributed by atoms with van der Waals surface area (Å²) in [5, 5.41) is 6.38. The first-order chi connectivity index (χ1) is 12.2. The normalized spacial score (nSPS) is 10.4. The van der Waals surface area contributed by atoms with E-state index in [2.05, 4.69) is 15.8 Å². The molecular weight excluding hydrogens is 318 g/mol. The molecule has 2 aromatic rings. The summed E-state index contributed by atoms with van der Waals surface area (Å²) < 4.78 is 5.46. The van der Waals surface area contributed by atoms with Gasteiger partial charge in [0.15, 0.2) is 0 Å². The minimum atomic E-state index is -0.400. The molecule has 0 aliphatic carbocycles. The Bertz CT molecular complexity index is 712. The molecule has 0 spiro atoms. The summed E-state index contributed by atoms with van der Waals surface area (Å²) in [6, 6.07) is 16.2. The molecule has 0 saturated heterocycles. The van der Waals surface area contributed by atoms with Crippen molar-refractivity contribution in [3.8, 4) is 5.75 Å². The van der Waals surface area contributed by atoms with E-state index >= 15 is 0 Å². The molecule has 25 heavy (non-hydrogen) atoms. The van der Waals surface area contributed by atoms with Crippen molar-refractivity contribution in [3.05, 3.63) is 65.7 Å². The van der Waals surface area contributed by atoms with E-state index < -0.39 is 5.91 Å². The second kappa shape index (κ2) is 9.87. The first-order valence-corrected chi connectivity index (χ1v) is 8.07. The topological polar surface area (TPSA) is 79.8 Å². The number of hydrogen-bond acceptors (Lipinski definition) is 4. The molecule has 0 saturated carbocycles. The second-order valence-electron chi connectivity index (χ2n) is 5.26. The molecule has 2 amide bonds. The number of carbonyl (C=O) groups is 2. The number of benzene rings is 2. The van der Waals surface area contributed by atoms with Crippen molar-refractivity contribution >= 4 is 18.0 Å². The fourth-order valence-electron chi connectivity index (χ4n) is 1.94. The third-order valence-corrected chi connectivity index (χ3v) is 3.20. The number of nitrogens with one attached hydrogen (secondary N) is 2. The Morgan fingerprint density at radius 1 is 1.08 bits per heavy atom. The molecule has 6 nitrogen and oxygen atoms in total. The van der Waals surface area contributed by atoms with Crippen LogP contribution in [-0.2, 0) is 4.79 Å². The number of nitrogens with zero attached hydrogens (tertiary/aromatic N) is 1. The van der Waals surface area contributed by atoms with E-state index in [1.807, 2.05) is 37.3 Å². The van der Waals surface area contributed by atoms with Crippen molar-refractivity contribution in [1.29, 1.82) is 0 Å². The highest BCUT2D eigenvalue weighted by Gasteiger charge is 2.07. The van der Waals surface area contributed by atoms with Gasteiger partial charge in [-0.25, -0.2) is 5.43 Å². The predicted octanol–water partition coefficient (Wildman–Crippen LogP) is 2.36. The zero-order chi connectivity index (χ0) is 17.9. The molecule has 2 rings (SSSR count). The molecule has 0 aliphatic rings. The Kier molecular flexibility index (Phi) is 7.18. The lowest BCUT2D eigenvalue weighted by atomic mass is 10.2. The van der Waals surface area contributed by atoms with E-state index in [4.69, 9.17) is 4.74 Å². The molecule has 0 fully saturated rings. The number of rotatable bonds is 8. The standard InChI is InChI=1S/C19H21N3O3/c1-2-12-25-17-10-8-16(9-11-17)19(24)20-14-18(23)22-21-13-15-6-4-3-5-7-15/h3-11,13H,2,12,14H2,1H3,(H,20,24)(H,22,23)/b21-13+. The number of amides is 2. The molecule has 0 heterocycles. The lowest BCUT2D eigenvalue weighted by Gasteiger charge is -2.06. The minimum Gasteiger partial charge on any atom is -0.494 e. The number of hydrogen-bond donors (Lipinski definition) is 2. The molecule has 130 valence electrons. The summed E-state index contributed by atoms with van der Waals surface area (Å²) in [7, 11) is 0. The van der Waals surface area contributed by atoms with Crippen LogP contribution < -0.4 is 15.5 Å². The van der Waals surface area contributed by atoms with Crippen molar-refractivity contribution in [1.82, 2.24) is 10.7 Å². The van der Waals surface area contributed by atoms with Crippen LogP contribution in [0.25, 0.3) is 0 Å². The van der Waals surface area contributed by atoms with Crippen molar-refractivity contribution in [2.45, 2.75) is 13.3 Å². The number of ether oxygens (including phenoxy) is 1. The van der Waals surface area contributed by atoms with Gasteiger partial charge in [0.25, 0.3) is 11.8 Å². The van der Waals surface area contributed by atoms with Gasteiger partial charge in [-0.2, -0.15) is 5.10 Å². The SMILES string of the molecule is CCCOc1ccc(C(=O)NCC(=O)N/N=C/c2ccccc2)cc1. The first kappa shape index (κ1) is 18.2. The highest BCUT2D eigenvalue weighted by molar-refractivity contribution is 5.96. The number of hydrazone groups is 1. The second-order valence-corrected chi connectivity index (χ2v) is 5.26. The highest BCUT2D eigenvalue weighted by Crippen LogP contribution is 2.12. The van der Waals surface area contributed by atoms with Gasteiger partial charge in [-0.05, 0) is 36.2 Å². The van der Waals surface area contributed by atoms with Crippen LogP contribution in [0.1, 0.15) is 29.3 Å². The van der Waals surface area contributed by atoms with Crippen LogP contribution in [0.15, 0.2) is 59.7 Å². The van der Waals surface area contributed by atoms with Gasteiger partial charge in [-0.3, -0.25) is 9.59 Å². The summed E-state index contributed by atoms with van der Waals surface area (Å²) in [5.41, 5.74) is 3.70. The fraction of sp³-hybridized carbons (Fsp3) is 0.211. The van der Waals surface area contributed by atoms with E-state index in [0.717, 1.165) is 12.0 Å². The van der Waals surface area contributed by atoms with Gasteiger partial charge in [0.1, 0.15) is 5.75 Å². The molecule has 0 radical (unpaired) electrons. The van der Waals surface area contributed by atoms with Crippen molar-refractivity contribution < 1.29 is 14.3 Å². The first-order valence-electron chi connectivity index (χ1n) is 8.07. The molecule has 0 bridgehead atoms. The molecule has 0 aliphatic heterocycles. The molecule has 2 N–H and O–H groups in total. The predicted molar refractivity (Wildman–Crippen MR) is 96.7 cm³/mol. The zero-order valence-corrected chi connectivity index (χ0v) is 14.1. The third-order valence-electron chi connectivity index (χ3n) is 3.20. The number of carbonyl (C=O) groups excluding carboxylic acids is 2. The van der Waals surface area contributed by atoms with E-state index in [1.165, 1.54) is 6.21 Å². The highest BCUT2D eigenvalue weighted by atomic mass is 16.5. The maximum atomic E-state index is 12.0. The van der Waals surface area contributed by atoms with Gasteiger partial charge in [0.05, 0.1) is 19.4 Å². The molecule has 0 unspecified atom stereocenters. The Morgan fingerprint density at radius 2 is 1.80 bits per heavy atom.